The van der Waals surface area contributed by atoms with E-state index < -0.39 is 12.0 Å². The van der Waals surface area contributed by atoms with Crippen molar-refractivity contribution in [1.29, 1.82) is 0 Å². The number of aromatic amines is 1. The molecule has 1 aromatic carbocycles. The summed E-state index contributed by atoms with van der Waals surface area (Å²) in [5, 5.41) is 6.75. The topological polar surface area (TPSA) is 93.8 Å². The third kappa shape index (κ3) is 3.15. The van der Waals surface area contributed by atoms with Gasteiger partial charge in [0.1, 0.15) is 11.5 Å². The zero-order valence-electron chi connectivity index (χ0n) is 14.2. The number of methoxy groups -OCH3 is 3. The summed E-state index contributed by atoms with van der Waals surface area (Å²) in [7, 11) is 4.40. The van der Waals surface area contributed by atoms with Crippen LogP contribution in [0.5, 0.6) is 11.5 Å². The normalized spacial score (nSPS) is 15.6. The van der Waals surface area contributed by atoms with Crippen molar-refractivity contribution in [2.24, 2.45) is 0 Å². The van der Waals surface area contributed by atoms with Crippen molar-refractivity contribution in [3.05, 3.63) is 41.2 Å². The van der Waals surface area contributed by atoms with Gasteiger partial charge in [-0.25, -0.2) is 4.79 Å². The van der Waals surface area contributed by atoms with Crippen molar-refractivity contribution in [2.75, 3.05) is 21.3 Å². The van der Waals surface area contributed by atoms with E-state index in [0.717, 1.165) is 11.3 Å². The average Bonchev–Trinajstić information content (AvgIpc) is 3.21. The van der Waals surface area contributed by atoms with Crippen LogP contribution in [-0.2, 0) is 27.3 Å². The summed E-state index contributed by atoms with van der Waals surface area (Å²) in [4.78, 5) is 26.4. The third-order valence-corrected chi connectivity index (χ3v) is 4.20. The lowest BCUT2D eigenvalue weighted by molar-refractivity contribution is -0.152. The van der Waals surface area contributed by atoms with Gasteiger partial charge in [0, 0.05) is 11.6 Å². The van der Waals surface area contributed by atoms with Crippen LogP contribution in [0.1, 0.15) is 22.9 Å². The molecule has 25 heavy (non-hydrogen) atoms. The van der Waals surface area contributed by atoms with Gasteiger partial charge in [0.2, 0.25) is 5.91 Å². The maximum absolute atomic E-state index is 12.8. The fourth-order valence-corrected chi connectivity index (χ4v) is 2.96. The maximum Gasteiger partial charge on any atom is 0.333 e. The SMILES string of the molecule is COC(=O)C1c2cn[nH]c2CN1C(=O)Cc1cc(OC)cc(OC)c1. The van der Waals surface area contributed by atoms with Crippen molar-refractivity contribution in [3.63, 3.8) is 0 Å². The molecule has 3 rings (SSSR count). The lowest BCUT2D eigenvalue weighted by Crippen LogP contribution is -2.35. The summed E-state index contributed by atoms with van der Waals surface area (Å²) in [5.41, 5.74) is 2.15. The van der Waals surface area contributed by atoms with E-state index in [2.05, 4.69) is 10.2 Å². The Morgan fingerprint density at radius 2 is 1.88 bits per heavy atom. The molecule has 2 aromatic rings. The zero-order valence-corrected chi connectivity index (χ0v) is 14.2. The van der Waals surface area contributed by atoms with Gasteiger partial charge in [-0.05, 0) is 17.7 Å². The van der Waals surface area contributed by atoms with E-state index in [1.165, 1.54) is 12.0 Å². The highest BCUT2D eigenvalue weighted by atomic mass is 16.5. The fraction of sp³-hybridized carbons (Fsp3) is 0.353. The Labute approximate surface area is 144 Å². The quantitative estimate of drug-likeness (QED) is 0.819. The molecule has 0 saturated heterocycles. The Morgan fingerprint density at radius 1 is 1.20 bits per heavy atom. The van der Waals surface area contributed by atoms with Crippen LogP contribution in [-0.4, -0.2) is 48.3 Å². The number of H-pyrrole nitrogens is 1. The first-order chi connectivity index (χ1) is 12.1. The third-order valence-electron chi connectivity index (χ3n) is 4.20. The van der Waals surface area contributed by atoms with Crippen LogP contribution in [0.15, 0.2) is 24.4 Å². The molecule has 2 heterocycles. The predicted molar refractivity (Wildman–Crippen MR) is 87.1 cm³/mol. The maximum atomic E-state index is 12.8. The van der Waals surface area contributed by atoms with E-state index >= 15 is 0 Å². The van der Waals surface area contributed by atoms with E-state index in [9.17, 15) is 9.59 Å². The Morgan fingerprint density at radius 3 is 2.48 bits per heavy atom. The molecule has 1 N–H and O–H groups in total. The smallest absolute Gasteiger partial charge is 0.333 e. The molecule has 0 spiro atoms. The highest BCUT2D eigenvalue weighted by Crippen LogP contribution is 2.34. The monoisotopic (exact) mass is 345 g/mol. The lowest BCUT2D eigenvalue weighted by Gasteiger charge is -2.23. The highest BCUT2D eigenvalue weighted by Gasteiger charge is 2.40. The van der Waals surface area contributed by atoms with Gasteiger partial charge in [-0.15, -0.1) is 0 Å². The Balaban J connectivity index is 1.83. The first-order valence-corrected chi connectivity index (χ1v) is 7.68. The number of benzene rings is 1. The Hall–Kier alpha value is -3.03. The number of hydrogen-bond donors (Lipinski definition) is 1. The molecule has 8 nitrogen and oxygen atoms in total. The summed E-state index contributed by atoms with van der Waals surface area (Å²) in [6, 6.07) is 4.49. The molecule has 1 aromatic heterocycles. The number of aromatic nitrogens is 2. The van der Waals surface area contributed by atoms with Crippen molar-refractivity contribution in [3.8, 4) is 11.5 Å². The van der Waals surface area contributed by atoms with Crippen LogP contribution < -0.4 is 9.47 Å². The van der Waals surface area contributed by atoms with Gasteiger partial charge in [0.15, 0.2) is 6.04 Å². The van der Waals surface area contributed by atoms with Crippen LogP contribution in [0.3, 0.4) is 0 Å². The van der Waals surface area contributed by atoms with Gasteiger partial charge >= 0.3 is 5.97 Å². The molecule has 0 aliphatic carbocycles. The second kappa shape index (κ2) is 6.84. The van der Waals surface area contributed by atoms with Crippen LogP contribution in [0.2, 0.25) is 0 Å². The van der Waals surface area contributed by atoms with E-state index in [1.807, 2.05) is 0 Å². The number of amides is 1. The number of nitrogens with one attached hydrogen (secondary N) is 1. The molecule has 0 radical (unpaired) electrons. The summed E-state index contributed by atoms with van der Waals surface area (Å²) in [6.07, 6.45) is 1.66. The van der Waals surface area contributed by atoms with Gasteiger partial charge in [-0.2, -0.15) is 5.10 Å². The number of hydrogen-bond acceptors (Lipinski definition) is 6. The van der Waals surface area contributed by atoms with E-state index in [1.54, 1.807) is 38.6 Å². The molecule has 1 aliphatic rings. The van der Waals surface area contributed by atoms with Crippen molar-refractivity contribution in [2.45, 2.75) is 19.0 Å². The zero-order chi connectivity index (χ0) is 18.0. The highest BCUT2D eigenvalue weighted by molar-refractivity contribution is 5.88. The fourth-order valence-electron chi connectivity index (χ4n) is 2.96. The number of rotatable bonds is 5. The second-order valence-electron chi connectivity index (χ2n) is 5.65. The molecule has 1 amide bonds. The second-order valence-corrected chi connectivity index (χ2v) is 5.65. The van der Waals surface area contributed by atoms with Gasteiger partial charge in [0.05, 0.1) is 46.2 Å². The van der Waals surface area contributed by atoms with Crippen LogP contribution in [0.25, 0.3) is 0 Å². The molecule has 0 saturated carbocycles. The van der Waals surface area contributed by atoms with Gasteiger partial charge < -0.3 is 19.1 Å². The summed E-state index contributed by atoms with van der Waals surface area (Å²) >= 11 is 0. The van der Waals surface area contributed by atoms with Crippen LogP contribution in [0.4, 0.5) is 0 Å². The molecular formula is C17H19N3O5. The Bertz CT molecular complexity index is 779. The van der Waals surface area contributed by atoms with Crippen molar-refractivity contribution >= 4 is 11.9 Å². The number of carbonyl (C=O) groups excluding carboxylic acids is 2. The van der Waals surface area contributed by atoms with E-state index in [4.69, 9.17) is 14.2 Å². The molecule has 8 heteroatoms. The van der Waals surface area contributed by atoms with Crippen LogP contribution in [0, 0.1) is 0 Å². The summed E-state index contributed by atoms with van der Waals surface area (Å²) < 4.78 is 15.3. The summed E-state index contributed by atoms with van der Waals surface area (Å²) in [6.45, 7) is 0.287. The molecule has 1 aliphatic heterocycles. The average molecular weight is 345 g/mol. The predicted octanol–water partition coefficient (Wildman–Crippen LogP) is 1.23. The molecule has 0 bridgehead atoms. The first-order valence-electron chi connectivity index (χ1n) is 7.68. The van der Waals surface area contributed by atoms with E-state index in [-0.39, 0.29) is 18.9 Å². The van der Waals surface area contributed by atoms with Gasteiger partial charge in [0.25, 0.3) is 0 Å². The number of ether oxygens (including phenoxy) is 3. The minimum Gasteiger partial charge on any atom is -0.497 e. The standard InChI is InChI=1S/C17H19N3O5/c1-23-11-4-10(5-12(7-11)24-2)6-15(21)20-9-14-13(8-18-19-14)16(20)17(22)25-3/h4-5,7-8,16H,6,9H2,1-3H3,(H,18,19). The number of nitrogens with zero attached hydrogens (tertiary/aromatic N) is 2. The minimum atomic E-state index is -0.779. The number of carbonyl (C=O) groups is 2. The minimum absolute atomic E-state index is 0.110. The van der Waals surface area contributed by atoms with Crippen LogP contribution >= 0.6 is 0 Å². The number of fused-ring (bicyclic) bond motifs is 1. The van der Waals surface area contributed by atoms with Crippen molar-refractivity contribution in [1.82, 2.24) is 15.1 Å². The largest absolute Gasteiger partial charge is 0.497 e. The lowest BCUT2D eigenvalue weighted by atomic mass is 10.1. The van der Waals surface area contributed by atoms with Gasteiger partial charge in [-0.3, -0.25) is 9.89 Å². The van der Waals surface area contributed by atoms with E-state index in [0.29, 0.717) is 17.1 Å². The first kappa shape index (κ1) is 16.8. The Kier molecular flexibility index (Phi) is 4.60. The molecule has 0 fully saturated rings. The van der Waals surface area contributed by atoms with Gasteiger partial charge in [-0.1, -0.05) is 0 Å². The van der Waals surface area contributed by atoms with Crippen molar-refractivity contribution < 1.29 is 23.8 Å². The molecular weight excluding hydrogens is 326 g/mol. The molecule has 1 unspecified atom stereocenters. The molecule has 1 atom stereocenters. The molecule has 132 valence electrons. The number of esters is 1. The summed E-state index contributed by atoms with van der Waals surface area (Å²) in [5.74, 6) is 0.511.